The highest BCUT2D eigenvalue weighted by molar-refractivity contribution is 7.99. The fourth-order valence-electron chi connectivity index (χ4n) is 1.47. The molecular formula is C10H14N6O2S. The van der Waals surface area contributed by atoms with Crippen LogP contribution in [0.3, 0.4) is 0 Å². The molecule has 0 amide bonds. The molecule has 0 fully saturated rings. The van der Waals surface area contributed by atoms with Gasteiger partial charge in [0.1, 0.15) is 0 Å². The van der Waals surface area contributed by atoms with Crippen molar-refractivity contribution in [2.24, 2.45) is 0 Å². The second kappa shape index (κ2) is 5.31. The van der Waals surface area contributed by atoms with Gasteiger partial charge in [-0.3, -0.25) is 14.0 Å². The van der Waals surface area contributed by atoms with Crippen LogP contribution in [0, 0.1) is 0 Å². The number of carboxylic acids is 1. The van der Waals surface area contributed by atoms with Crippen LogP contribution < -0.4 is 5.73 Å². The first-order valence-corrected chi connectivity index (χ1v) is 6.57. The molecule has 0 spiro atoms. The van der Waals surface area contributed by atoms with E-state index in [1.165, 1.54) is 0 Å². The minimum Gasteiger partial charge on any atom is -0.481 e. The van der Waals surface area contributed by atoms with E-state index < -0.39 is 5.97 Å². The number of nitrogen functional groups attached to an aromatic ring is 1. The number of nitrogens with two attached hydrogens (primary N) is 1. The van der Waals surface area contributed by atoms with Crippen LogP contribution in [-0.2, 0) is 4.79 Å². The molecule has 8 nitrogen and oxygen atoms in total. The first-order chi connectivity index (χ1) is 8.99. The van der Waals surface area contributed by atoms with E-state index in [-0.39, 0.29) is 17.7 Å². The van der Waals surface area contributed by atoms with E-state index in [0.29, 0.717) is 10.8 Å². The molecule has 2 aromatic rings. The quantitative estimate of drug-likeness (QED) is 0.780. The molecule has 0 atom stereocenters. The Kier molecular flexibility index (Phi) is 3.74. The van der Waals surface area contributed by atoms with Crippen molar-refractivity contribution in [1.82, 2.24) is 24.5 Å². The molecule has 0 saturated heterocycles. The summed E-state index contributed by atoms with van der Waals surface area (Å²) in [5, 5.41) is 21.0. The summed E-state index contributed by atoms with van der Waals surface area (Å²) in [5.74, 6) is -0.816. The van der Waals surface area contributed by atoms with E-state index >= 15 is 0 Å². The topological polar surface area (TPSA) is 112 Å². The van der Waals surface area contributed by atoms with Gasteiger partial charge in [0.15, 0.2) is 5.16 Å². The fourth-order valence-corrected chi connectivity index (χ4v) is 2.15. The number of carboxylic acid groups (broad SMARTS) is 1. The Morgan fingerprint density at radius 3 is 2.84 bits per heavy atom. The lowest BCUT2D eigenvalue weighted by Crippen LogP contribution is -2.04. The lowest BCUT2D eigenvalue weighted by molar-refractivity contribution is -0.133. The monoisotopic (exact) mass is 282 g/mol. The number of hydrogen-bond acceptors (Lipinski definition) is 6. The molecule has 0 bridgehead atoms. The minimum absolute atomic E-state index is 0.101. The highest BCUT2D eigenvalue weighted by Crippen LogP contribution is 2.23. The number of thioether (sulfide) groups is 1. The van der Waals surface area contributed by atoms with E-state index in [0.717, 1.165) is 11.8 Å². The number of anilines is 1. The number of carbonyl (C=O) groups is 1. The molecule has 0 aliphatic carbocycles. The maximum absolute atomic E-state index is 10.6. The summed E-state index contributed by atoms with van der Waals surface area (Å²) in [5.41, 5.74) is 6.47. The molecule has 19 heavy (non-hydrogen) atoms. The van der Waals surface area contributed by atoms with Crippen LogP contribution in [-0.4, -0.2) is 41.4 Å². The fraction of sp³-hybridized carbons (Fsp3) is 0.400. The second-order valence-electron chi connectivity index (χ2n) is 4.13. The van der Waals surface area contributed by atoms with Crippen LogP contribution in [0.25, 0.3) is 5.69 Å². The van der Waals surface area contributed by atoms with Crippen LogP contribution >= 0.6 is 11.8 Å². The van der Waals surface area contributed by atoms with Gasteiger partial charge < -0.3 is 10.8 Å². The van der Waals surface area contributed by atoms with Gasteiger partial charge in [-0.1, -0.05) is 11.8 Å². The van der Waals surface area contributed by atoms with Crippen molar-refractivity contribution in [1.29, 1.82) is 0 Å². The highest BCUT2D eigenvalue weighted by Gasteiger charge is 2.15. The molecule has 2 heterocycles. The van der Waals surface area contributed by atoms with Gasteiger partial charge in [0, 0.05) is 12.2 Å². The molecule has 0 aliphatic heterocycles. The zero-order chi connectivity index (χ0) is 14.0. The average molecular weight is 282 g/mol. The third-order valence-electron chi connectivity index (χ3n) is 2.36. The summed E-state index contributed by atoms with van der Waals surface area (Å²) < 4.78 is 3.36. The maximum atomic E-state index is 10.6. The molecule has 2 aromatic heterocycles. The second-order valence-corrected chi connectivity index (χ2v) is 5.07. The van der Waals surface area contributed by atoms with Crippen LogP contribution in [0.4, 0.5) is 5.95 Å². The largest absolute Gasteiger partial charge is 0.481 e. The van der Waals surface area contributed by atoms with Crippen molar-refractivity contribution in [3.8, 4) is 5.69 Å². The zero-order valence-electron chi connectivity index (χ0n) is 10.5. The highest BCUT2D eigenvalue weighted by atomic mass is 32.2. The predicted octanol–water partition coefficient (Wildman–Crippen LogP) is 0.804. The van der Waals surface area contributed by atoms with Crippen molar-refractivity contribution >= 4 is 23.7 Å². The molecule has 0 unspecified atom stereocenters. The van der Waals surface area contributed by atoms with Crippen molar-refractivity contribution in [3.63, 3.8) is 0 Å². The smallest absolute Gasteiger partial charge is 0.313 e. The van der Waals surface area contributed by atoms with E-state index in [2.05, 4.69) is 15.3 Å². The van der Waals surface area contributed by atoms with Crippen molar-refractivity contribution in [2.45, 2.75) is 25.0 Å². The first-order valence-electron chi connectivity index (χ1n) is 5.59. The Hall–Kier alpha value is -2.03. The summed E-state index contributed by atoms with van der Waals surface area (Å²) >= 11 is 1.06. The Labute approximate surface area is 113 Å². The molecule has 0 radical (unpaired) electrons. The van der Waals surface area contributed by atoms with Gasteiger partial charge in [0.25, 0.3) is 0 Å². The van der Waals surface area contributed by atoms with Gasteiger partial charge >= 0.3 is 5.97 Å². The van der Waals surface area contributed by atoms with Gasteiger partial charge in [-0.2, -0.15) is 5.10 Å². The number of aromatic nitrogens is 5. The molecule has 0 saturated carbocycles. The summed E-state index contributed by atoms with van der Waals surface area (Å²) in [4.78, 5) is 10.6. The van der Waals surface area contributed by atoms with E-state index in [9.17, 15) is 4.79 Å². The van der Waals surface area contributed by atoms with Gasteiger partial charge in [-0.05, 0) is 13.8 Å². The molecule has 0 aliphatic rings. The summed E-state index contributed by atoms with van der Waals surface area (Å²) in [6.07, 6.45) is 3.46. The van der Waals surface area contributed by atoms with Crippen LogP contribution in [0.15, 0.2) is 17.6 Å². The van der Waals surface area contributed by atoms with E-state index in [1.54, 1.807) is 15.4 Å². The van der Waals surface area contributed by atoms with Crippen LogP contribution in [0.5, 0.6) is 0 Å². The Balaban J connectivity index is 2.31. The standard InChI is InChI=1S/C10H14N6O2S/c1-6(2)15-4-7(3-12-15)16-9(11)13-14-10(16)19-5-8(17)18/h3-4,6H,5H2,1-2H3,(H2,11,13)(H,17,18). The number of aliphatic carboxylic acids is 1. The van der Waals surface area contributed by atoms with Gasteiger partial charge in [-0.15, -0.1) is 10.2 Å². The Morgan fingerprint density at radius 1 is 1.53 bits per heavy atom. The average Bonchev–Trinajstić information content (AvgIpc) is 2.92. The minimum atomic E-state index is -0.920. The van der Waals surface area contributed by atoms with Gasteiger partial charge in [0.05, 0.1) is 17.6 Å². The van der Waals surface area contributed by atoms with Crippen molar-refractivity contribution in [3.05, 3.63) is 12.4 Å². The Bertz CT molecular complexity index is 591. The molecule has 9 heteroatoms. The van der Waals surface area contributed by atoms with Crippen LogP contribution in [0.2, 0.25) is 0 Å². The molecule has 0 aromatic carbocycles. The van der Waals surface area contributed by atoms with E-state index in [1.807, 2.05) is 20.0 Å². The molecule has 2 rings (SSSR count). The third-order valence-corrected chi connectivity index (χ3v) is 3.27. The van der Waals surface area contributed by atoms with Crippen molar-refractivity contribution in [2.75, 3.05) is 11.5 Å². The number of nitrogens with zero attached hydrogens (tertiary/aromatic N) is 5. The SMILES string of the molecule is CC(C)n1cc(-n2c(N)nnc2SCC(=O)O)cn1. The van der Waals surface area contributed by atoms with E-state index in [4.69, 9.17) is 10.8 Å². The zero-order valence-corrected chi connectivity index (χ0v) is 11.3. The maximum Gasteiger partial charge on any atom is 0.313 e. The summed E-state index contributed by atoms with van der Waals surface area (Å²) in [6.45, 7) is 4.01. The van der Waals surface area contributed by atoms with Gasteiger partial charge in [0.2, 0.25) is 5.95 Å². The predicted molar refractivity (Wildman–Crippen MR) is 70.3 cm³/mol. The van der Waals surface area contributed by atoms with Crippen molar-refractivity contribution < 1.29 is 9.90 Å². The molecular weight excluding hydrogens is 268 g/mol. The lowest BCUT2D eigenvalue weighted by atomic mass is 10.4. The summed E-state index contributed by atoms with van der Waals surface area (Å²) in [7, 11) is 0. The third kappa shape index (κ3) is 2.87. The normalized spacial score (nSPS) is 11.1. The number of hydrogen-bond donors (Lipinski definition) is 2. The Morgan fingerprint density at radius 2 is 2.26 bits per heavy atom. The van der Waals surface area contributed by atoms with Crippen LogP contribution in [0.1, 0.15) is 19.9 Å². The summed E-state index contributed by atoms with van der Waals surface area (Å²) in [6, 6.07) is 0.224. The molecule has 3 N–H and O–H groups in total. The number of rotatable bonds is 5. The molecule has 102 valence electrons. The first kappa shape index (κ1) is 13.4. The van der Waals surface area contributed by atoms with Gasteiger partial charge in [-0.25, -0.2) is 0 Å². The lowest BCUT2D eigenvalue weighted by Gasteiger charge is -2.05.